The van der Waals surface area contributed by atoms with Crippen LogP contribution >= 0.6 is 23.2 Å². The lowest BCUT2D eigenvalue weighted by molar-refractivity contribution is -0.232. The van der Waals surface area contributed by atoms with Crippen LogP contribution in [0.4, 0.5) is 0 Å². The van der Waals surface area contributed by atoms with Gasteiger partial charge in [-0.1, -0.05) is 35.3 Å². The molecule has 1 fully saturated rings. The van der Waals surface area contributed by atoms with Crippen molar-refractivity contribution < 1.29 is 29.9 Å². The van der Waals surface area contributed by atoms with Gasteiger partial charge < -0.3 is 29.9 Å². The van der Waals surface area contributed by atoms with Gasteiger partial charge in [-0.05, 0) is 35.7 Å². The summed E-state index contributed by atoms with van der Waals surface area (Å²) in [5, 5.41) is 41.6. The van der Waals surface area contributed by atoms with Crippen LogP contribution in [-0.2, 0) is 17.6 Å². The van der Waals surface area contributed by atoms with Crippen LogP contribution in [0.25, 0.3) is 0 Å². The molecule has 156 valence electrons. The Morgan fingerprint density at radius 3 is 2.41 bits per heavy atom. The molecule has 5 atom stereocenters. The molecule has 0 unspecified atom stereocenters. The Hall–Kier alpha value is -1.38. The highest BCUT2D eigenvalue weighted by atomic mass is 35.5. The minimum Gasteiger partial charge on any atom is -0.493 e. The predicted octanol–water partition coefficient (Wildman–Crippen LogP) is 2.03. The van der Waals surface area contributed by atoms with Crippen molar-refractivity contribution >= 4 is 23.2 Å². The molecule has 1 saturated heterocycles. The molecular weight excluding hydrogens is 419 g/mol. The second kappa shape index (κ2) is 8.40. The first-order valence-electron chi connectivity index (χ1n) is 9.42. The molecule has 0 aliphatic carbocycles. The summed E-state index contributed by atoms with van der Waals surface area (Å²) in [4.78, 5) is 0. The van der Waals surface area contributed by atoms with Crippen molar-refractivity contribution in [2.75, 3.05) is 13.2 Å². The van der Waals surface area contributed by atoms with Gasteiger partial charge in [0.25, 0.3) is 0 Å². The minimum atomic E-state index is -1.46. The number of halogens is 2. The summed E-state index contributed by atoms with van der Waals surface area (Å²) in [5.41, 5.74) is 3.20. The van der Waals surface area contributed by atoms with Crippen LogP contribution in [-0.4, -0.2) is 58.1 Å². The first-order valence-corrected chi connectivity index (χ1v) is 10.2. The van der Waals surface area contributed by atoms with Crippen LogP contribution in [0, 0.1) is 0 Å². The number of ether oxygens (including phenoxy) is 2. The van der Waals surface area contributed by atoms with Gasteiger partial charge in [0.1, 0.15) is 36.3 Å². The number of benzene rings is 2. The van der Waals surface area contributed by atoms with Gasteiger partial charge in [0.2, 0.25) is 0 Å². The van der Waals surface area contributed by atoms with Gasteiger partial charge in [-0.25, -0.2) is 0 Å². The zero-order valence-electron chi connectivity index (χ0n) is 15.5. The number of hydrogen-bond donors (Lipinski definition) is 4. The molecule has 0 spiro atoms. The Kier molecular flexibility index (Phi) is 6.04. The maximum Gasteiger partial charge on any atom is 0.130 e. The first kappa shape index (κ1) is 20.9. The van der Waals surface area contributed by atoms with Crippen molar-refractivity contribution in [2.24, 2.45) is 0 Å². The van der Waals surface area contributed by atoms with E-state index in [9.17, 15) is 20.4 Å². The molecule has 2 aromatic carbocycles. The highest BCUT2D eigenvalue weighted by Crippen LogP contribution is 2.45. The van der Waals surface area contributed by atoms with Crippen LogP contribution < -0.4 is 4.74 Å². The fourth-order valence-electron chi connectivity index (χ4n) is 3.95. The van der Waals surface area contributed by atoms with Gasteiger partial charge in [0.15, 0.2) is 0 Å². The van der Waals surface area contributed by atoms with Gasteiger partial charge in [-0.15, -0.1) is 0 Å². The van der Waals surface area contributed by atoms with E-state index in [-0.39, 0.29) is 0 Å². The maximum absolute atomic E-state index is 10.6. The SMILES string of the molecule is OC[C@H]1O[C@@H](c2cc(Cc3ccc(Cl)cc3)c(Cl)c3c2OCC3)[C@H](O)[C@@H](O)[C@@H]1O. The minimum absolute atomic E-state index is 0.448. The third-order valence-electron chi connectivity index (χ3n) is 5.52. The molecule has 0 aromatic heterocycles. The highest BCUT2D eigenvalue weighted by Gasteiger charge is 2.45. The van der Waals surface area contributed by atoms with Crippen LogP contribution in [0.5, 0.6) is 5.75 Å². The van der Waals surface area contributed by atoms with E-state index in [1.165, 1.54) is 0 Å². The number of aliphatic hydroxyl groups excluding tert-OH is 4. The fourth-order valence-corrected chi connectivity index (χ4v) is 4.38. The highest BCUT2D eigenvalue weighted by molar-refractivity contribution is 6.32. The second-order valence-corrected chi connectivity index (χ2v) is 8.21. The molecule has 6 nitrogen and oxygen atoms in total. The fraction of sp³-hybridized carbons (Fsp3) is 0.429. The monoisotopic (exact) mass is 440 g/mol. The molecule has 0 bridgehead atoms. The molecule has 2 aromatic rings. The average Bonchev–Trinajstić information content (AvgIpc) is 3.21. The number of aliphatic hydroxyl groups is 4. The molecule has 29 heavy (non-hydrogen) atoms. The van der Waals surface area contributed by atoms with Crippen molar-refractivity contribution in [3.05, 3.63) is 62.6 Å². The van der Waals surface area contributed by atoms with Crippen LogP contribution in [0.1, 0.15) is 28.4 Å². The summed E-state index contributed by atoms with van der Waals surface area (Å²) < 4.78 is 11.5. The molecule has 0 amide bonds. The van der Waals surface area contributed by atoms with Crippen molar-refractivity contribution in [2.45, 2.75) is 43.4 Å². The topological polar surface area (TPSA) is 99.4 Å². The van der Waals surface area contributed by atoms with Crippen molar-refractivity contribution in [1.82, 2.24) is 0 Å². The molecular formula is C21H22Cl2O6. The predicted molar refractivity (Wildman–Crippen MR) is 108 cm³/mol. The quantitative estimate of drug-likeness (QED) is 0.580. The molecule has 0 radical (unpaired) electrons. The Bertz CT molecular complexity index is 886. The van der Waals surface area contributed by atoms with E-state index in [1.807, 2.05) is 12.1 Å². The van der Waals surface area contributed by atoms with Gasteiger partial charge in [-0.3, -0.25) is 0 Å². The standard InChI is InChI=1S/C21H22Cl2O6/c22-12-3-1-10(2-4-12)7-11-8-14(20-13(16(11)23)5-6-28-20)21-19(27)18(26)17(25)15(9-24)29-21/h1-4,8,15,17-19,21,24-27H,5-7,9H2/t15-,17-,18+,19-,21+/m1/s1. The van der Waals surface area contributed by atoms with E-state index < -0.39 is 37.1 Å². The third kappa shape index (κ3) is 3.86. The molecule has 0 saturated carbocycles. The average molecular weight is 441 g/mol. The van der Waals surface area contributed by atoms with Gasteiger partial charge in [0, 0.05) is 22.6 Å². The van der Waals surface area contributed by atoms with Crippen LogP contribution in [0.3, 0.4) is 0 Å². The zero-order valence-corrected chi connectivity index (χ0v) is 17.0. The zero-order chi connectivity index (χ0) is 20.7. The summed E-state index contributed by atoms with van der Waals surface area (Å²) in [5.74, 6) is 0.527. The lowest BCUT2D eigenvalue weighted by Crippen LogP contribution is -2.55. The second-order valence-electron chi connectivity index (χ2n) is 7.40. The lowest BCUT2D eigenvalue weighted by atomic mass is 9.88. The molecule has 8 heteroatoms. The Balaban J connectivity index is 1.75. The molecule has 4 N–H and O–H groups in total. The van der Waals surface area contributed by atoms with E-state index in [2.05, 4.69) is 0 Å². The van der Waals surface area contributed by atoms with E-state index >= 15 is 0 Å². The number of hydrogen-bond acceptors (Lipinski definition) is 6. The summed E-state index contributed by atoms with van der Waals surface area (Å²) in [6.45, 7) is -0.0421. The van der Waals surface area contributed by atoms with Gasteiger partial charge in [-0.2, -0.15) is 0 Å². The summed E-state index contributed by atoms with van der Waals surface area (Å²) >= 11 is 12.6. The van der Waals surface area contributed by atoms with E-state index in [0.29, 0.717) is 40.8 Å². The summed E-state index contributed by atoms with van der Waals surface area (Å²) in [6.07, 6.45) is -5.07. The van der Waals surface area contributed by atoms with E-state index in [0.717, 1.165) is 16.7 Å². The Morgan fingerprint density at radius 2 is 1.72 bits per heavy atom. The van der Waals surface area contributed by atoms with Gasteiger partial charge in [0.05, 0.1) is 18.2 Å². The van der Waals surface area contributed by atoms with E-state index in [1.54, 1.807) is 18.2 Å². The number of fused-ring (bicyclic) bond motifs is 1. The molecule has 2 heterocycles. The molecule has 2 aliphatic heterocycles. The van der Waals surface area contributed by atoms with E-state index in [4.69, 9.17) is 32.7 Å². The third-order valence-corrected chi connectivity index (χ3v) is 6.24. The Morgan fingerprint density at radius 1 is 1.00 bits per heavy atom. The lowest BCUT2D eigenvalue weighted by Gasteiger charge is -2.40. The summed E-state index contributed by atoms with van der Waals surface area (Å²) in [6, 6.07) is 9.24. The molecule has 2 aliphatic rings. The summed E-state index contributed by atoms with van der Waals surface area (Å²) in [7, 11) is 0. The normalized spacial score (nSPS) is 28.8. The number of rotatable bonds is 4. The van der Waals surface area contributed by atoms with Crippen molar-refractivity contribution in [3.8, 4) is 5.75 Å². The smallest absolute Gasteiger partial charge is 0.130 e. The maximum atomic E-state index is 10.6. The Labute approximate surface area is 178 Å². The van der Waals surface area contributed by atoms with Crippen molar-refractivity contribution in [3.63, 3.8) is 0 Å². The largest absolute Gasteiger partial charge is 0.493 e. The van der Waals surface area contributed by atoms with Crippen LogP contribution in [0.15, 0.2) is 30.3 Å². The van der Waals surface area contributed by atoms with Crippen LogP contribution in [0.2, 0.25) is 10.0 Å². The van der Waals surface area contributed by atoms with Gasteiger partial charge >= 0.3 is 0 Å². The molecule has 4 rings (SSSR count). The first-order chi connectivity index (χ1) is 13.9. The van der Waals surface area contributed by atoms with Crippen molar-refractivity contribution in [1.29, 1.82) is 0 Å².